The van der Waals surface area contributed by atoms with Crippen molar-refractivity contribution in [2.24, 2.45) is 0 Å². The van der Waals surface area contributed by atoms with E-state index in [2.05, 4.69) is 22.0 Å². The molecule has 2 nitrogen and oxygen atoms in total. The van der Waals surface area contributed by atoms with E-state index in [1.165, 1.54) is 6.07 Å². The summed E-state index contributed by atoms with van der Waals surface area (Å²) in [6, 6.07) is 6.69. The molecule has 0 N–H and O–H groups in total. The van der Waals surface area contributed by atoms with E-state index in [9.17, 15) is 9.65 Å². The van der Waals surface area contributed by atoms with E-state index in [0.717, 1.165) is 0 Å². The zero-order valence-corrected chi connectivity index (χ0v) is 12.9. The Morgan fingerprint density at radius 1 is 1.41 bits per heavy atom. The van der Waals surface area contributed by atoms with Crippen LogP contribution in [0.25, 0.3) is 0 Å². The van der Waals surface area contributed by atoms with Gasteiger partial charge in [-0.2, -0.15) is 5.26 Å². The molecular formula is C12H15BrFNOSi. The highest BCUT2D eigenvalue weighted by Crippen LogP contribution is 2.31. The molecule has 17 heavy (non-hydrogen) atoms. The van der Waals surface area contributed by atoms with Gasteiger partial charge in [-0.25, -0.2) is 4.39 Å². The number of rotatable bonds is 3. The zero-order valence-electron chi connectivity index (χ0n) is 10.3. The van der Waals surface area contributed by atoms with Gasteiger partial charge in [0.25, 0.3) is 0 Å². The molecule has 0 saturated heterocycles. The van der Waals surface area contributed by atoms with Gasteiger partial charge >= 0.3 is 0 Å². The van der Waals surface area contributed by atoms with Crippen molar-refractivity contribution in [3.63, 3.8) is 0 Å². The highest BCUT2D eigenvalue weighted by Gasteiger charge is 2.33. The minimum atomic E-state index is -1.86. The Kier molecular flexibility index (Phi) is 4.13. The predicted octanol–water partition coefficient (Wildman–Crippen LogP) is 4.18. The van der Waals surface area contributed by atoms with Crippen molar-refractivity contribution in [3.8, 4) is 6.07 Å². The van der Waals surface area contributed by atoms with Gasteiger partial charge in [0.1, 0.15) is 11.9 Å². The Hall–Kier alpha value is -0.703. The van der Waals surface area contributed by atoms with Gasteiger partial charge in [0.15, 0.2) is 13.9 Å². The van der Waals surface area contributed by atoms with Gasteiger partial charge in [0, 0.05) is 0 Å². The SMILES string of the molecule is CC(C#N)(O[Si](C)(C)C)c1ccc(F)c(Br)c1. The van der Waals surface area contributed by atoms with Gasteiger partial charge in [0.05, 0.1) is 4.47 Å². The highest BCUT2D eigenvalue weighted by molar-refractivity contribution is 9.10. The van der Waals surface area contributed by atoms with Crippen LogP contribution in [0.3, 0.4) is 0 Å². The van der Waals surface area contributed by atoms with Crippen LogP contribution in [0.2, 0.25) is 19.6 Å². The number of nitriles is 1. The summed E-state index contributed by atoms with van der Waals surface area (Å²) in [4.78, 5) is 0. The molecule has 0 aliphatic rings. The molecule has 92 valence electrons. The maximum absolute atomic E-state index is 13.2. The lowest BCUT2D eigenvalue weighted by Gasteiger charge is -2.30. The van der Waals surface area contributed by atoms with E-state index in [1.54, 1.807) is 19.1 Å². The molecule has 1 aromatic rings. The Morgan fingerprint density at radius 3 is 2.41 bits per heavy atom. The first-order chi connectivity index (χ1) is 7.68. The number of halogens is 2. The maximum Gasteiger partial charge on any atom is 0.186 e. The number of benzene rings is 1. The zero-order chi connectivity index (χ0) is 13.3. The van der Waals surface area contributed by atoms with Crippen LogP contribution in [0.15, 0.2) is 22.7 Å². The quantitative estimate of drug-likeness (QED) is 0.784. The molecule has 0 spiro atoms. The van der Waals surface area contributed by atoms with E-state index < -0.39 is 13.9 Å². The van der Waals surface area contributed by atoms with Crippen LogP contribution in [0.5, 0.6) is 0 Å². The van der Waals surface area contributed by atoms with Crippen molar-refractivity contribution in [3.05, 3.63) is 34.1 Å². The lowest BCUT2D eigenvalue weighted by Crippen LogP contribution is -2.37. The van der Waals surface area contributed by atoms with E-state index >= 15 is 0 Å². The minimum Gasteiger partial charge on any atom is -0.397 e. The number of nitrogens with zero attached hydrogens (tertiary/aromatic N) is 1. The van der Waals surface area contributed by atoms with Crippen molar-refractivity contribution in [2.75, 3.05) is 0 Å². The molecule has 1 atom stereocenters. The van der Waals surface area contributed by atoms with Crippen LogP contribution in [0.4, 0.5) is 4.39 Å². The van der Waals surface area contributed by atoms with Crippen LogP contribution in [0.1, 0.15) is 12.5 Å². The molecule has 1 unspecified atom stereocenters. The van der Waals surface area contributed by atoms with Gasteiger partial charge in [0.2, 0.25) is 0 Å². The molecule has 1 rings (SSSR count). The molecule has 0 fully saturated rings. The summed E-state index contributed by atoms with van der Waals surface area (Å²) >= 11 is 3.12. The average molecular weight is 316 g/mol. The van der Waals surface area contributed by atoms with Crippen LogP contribution < -0.4 is 0 Å². The van der Waals surface area contributed by atoms with Crippen LogP contribution >= 0.6 is 15.9 Å². The highest BCUT2D eigenvalue weighted by atomic mass is 79.9. The summed E-state index contributed by atoms with van der Waals surface area (Å²) in [5.74, 6) is -0.345. The molecular weight excluding hydrogens is 301 g/mol. The topological polar surface area (TPSA) is 33.0 Å². The smallest absolute Gasteiger partial charge is 0.186 e. The van der Waals surface area contributed by atoms with E-state index in [4.69, 9.17) is 4.43 Å². The third kappa shape index (κ3) is 3.63. The Labute approximate surface area is 111 Å². The van der Waals surface area contributed by atoms with Gasteiger partial charge in [-0.1, -0.05) is 6.07 Å². The first-order valence-electron chi connectivity index (χ1n) is 5.25. The Morgan fingerprint density at radius 2 is 2.00 bits per heavy atom. The van der Waals surface area contributed by atoms with Gasteiger partial charge in [-0.05, 0) is 60.2 Å². The molecule has 0 heterocycles. The van der Waals surface area contributed by atoms with Gasteiger partial charge < -0.3 is 4.43 Å². The maximum atomic E-state index is 13.2. The summed E-state index contributed by atoms with van der Waals surface area (Å²) in [5, 5.41) is 9.30. The second-order valence-corrected chi connectivity index (χ2v) is 10.3. The molecule has 5 heteroatoms. The first-order valence-corrected chi connectivity index (χ1v) is 9.45. The normalized spacial score (nSPS) is 15.1. The molecule has 0 aromatic heterocycles. The second kappa shape index (κ2) is 4.89. The summed E-state index contributed by atoms with van der Waals surface area (Å²) in [6.45, 7) is 7.76. The fourth-order valence-electron chi connectivity index (χ4n) is 1.55. The second-order valence-electron chi connectivity index (χ2n) is 4.99. The molecule has 0 radical (unpaired) electrons. The fraction of sp³-hybridized carbons (Fsp3) is 0.417. The van der Waals surface area contributed by atoms with Crippen molar-refractivity contribution < 1.29 is 8.82 Å². The predicted molar refractivity (Wildman–Crippen MR) is 71.5 cm³/mol. The van der Waals surface area contributed by atoms with Crippen LogP contribution in [0, 0.1) is 17.1 Å². The summed E-state index contributed by atoms with van der Waals surface area (Å²) in [5.41, 5.74) is -0.364. The van der Waals surface area contributed by atoms with E-state index in [-0.39, 0.29) is 5.82 Å². The summed E-state index contributed by atoms with van der Waals surface area (Å²) in [6.07, 6.45) is 0. The lowest BCUT2D eigenvalue weighted by molar-refractivity contribution is 0.141. The average Bonchev–Trinajstić information content (AvgIpc) is 2.19. The van der Waals surface area contributed by atoms with Crippen molar-refractivity contribution in [2.45, 2.75) is 32.2 Å². The molecule has 0 bridgehead atoms. The first kappa shape index (κ1) is 14.4. The van der Waals surface area contributed by atoms with E-state index in [0.29, 0.717) is 10.0 Å². The monoisotopic (exact) mass is 315 g/mol. The molecule has 1 aromatic carbocycles. The number of hydrogen-bond acceptors (Lipinski definition) is 2. The third-order valence-corrected chi connectivity index (χ3v) is 3.82. The molecule has 0 saturated carbocycles. The molecule has 0 aliphatic heterocycles. The standard InChI is InChI=1S/C12H15BrFNOSi/c1-12(8-15,16-17(2,3)4)9-5-6-11(14)10(13)7-9/h5-7H,1-4H3. The molecule has 0 amide bonds. The fourth-order valence-corrected chi connectivity index (χ4v) is 3.32. The van der Waals surface area contributed by atoms with Gasteiger partial charge in [-0.15, -0.1) is 0 Å². The largest absolute Gasteiger partial charge is 0.397 e. The molecule has 0 aliphatic carbocycles. The Balaban J connectivity index is 3.18. The Bertz CT molecular complexity index is 467. The lowest BCUT2D eigenvalue weighted by atomic mass is 9.98. The van der Waals surface area contributed by atoms with Gasteiger partial charge in [-0.3, -0.25) is 0 Å². The van der Waals surface area contributed by atoms with E-state index in [1.807, 2.05) is 19.6 Å². The third-order valence-electron chi connectivity index (χ3n) is 2.19. The summed E-state index contributed by atoms with van der Waals surface area (Å²) in [7, 11) is -1.86. The van der Waals surface area contributed by atoms with Crippen molar-refractivity contribution >= 4 is 24.2 Å². The minimum absolute atomic E-state index is 0.343. The van der Waals surface area contributed by atoms with Crippen LogP contribution in [-0.2, 0) is 10.0 Å². The van der Waals surface area contributed by atoms with Crippen LogP contribution in [-0.4, -0.2) is 8.32 Å². The van der Waals surface area contributed by atoms with Crippen molar-refractivity contribution in [1.82, 2.24) is 0 Å². The van der Waals surface area contributed by atoms with Crippen molar-refractivity contribution in [1.29, 1.82) is 5.26 Å². The summed E-state index contributed by atoms with van der Waals surface area (Å²) < 4.78 is 19.4. The number of hydrogen-bond donors (Lipinski definition) is 0.